The molecule has 0 spiro atoms. The molecule has 2 bridgehead atoms. The summed E-state index contributed by atoms with van der Waals surface area (Å²) in [4.78, 5) is 39.3. The molecule has 3 aliphatic rings. The number of benzene rings is 2. The molecular weight excluding hydrogens is 446 g/mol. The predicted molar refractivity (Wildman–Crippen MR) is 130 cm³/mol. The summed E-state index contributed by atoms with van der Waals surface area (Å²) in [5.41, 5.74) is 4.45. The minimum atomic E-state index is -1.19. The van der Waals surface area contributed by atoms with Crippen molar-refractivity contribution in [3.8, 4) is 11.1 Å². The van der Waals surface area contributed by atoms with Gasteiger partial charge in [-0.3, -0.25) is 9.59 Å². The maximum absolute atomic E-state index is 12.9. The van der Waals surface area contributed by atoms with Crippen molar-refractivity contribution in [2.45, 2.75) is 37.6 Å². The van der Waals surface area contributed by atoms with E-state index in [4.69, 9.17) is 4.74 Å². The SMILES string of the molecule is O=C(O)CC(NC(=O)OCC1c2ccccc2-c2ccccc21)C(=O)NCC12CCCN(CC1)C2. The Morgan fingerprint density at radius 2 is 1.71 bits per heavy atom. The van der Waals surface area contributed by atoms with E-state index in [1.807, 2.05) is 36.4 Å². The van der Waals surface area contributed by atoms with E-state index in [0.717, 1.165) is 61.2 Å². The van der Waals surface area contributed by atoms with Gasteiger partial charge in [0, 0.05) is 24.4 Å². The molecule has 2 aromatic carbocycles. The van der Waals surface area contributed by atoms with Crippen LogP contribution in [0.4, 0.5) is 4.79 Å². The number of carbonyl (C=O) groups excluding carboxylic acids is 2. The predicted octanol–water partition coefficient (Wildman–Crippen LogP) is 2.97. The summed E-state index contributed by atoms with van der Waals surface area (Å²) in [6.45, 7) is 3.68. The lowest BCUT2D eigenvalue weighted by Gasteiger charge is -2.34. The standard InChI is InChI=1S/C27H31N3O5/c31-24(32)14-23(25(33)28-16-27-10-5-12-30(17-27)13-11-27)29-26(34)35-15-22-20-8-3-1-6-18(20)19-7-2-4-9-21(19)22/h1-4,6-9,22-23H,5,10-17H2,(H,28,33)(H,29,34)(H,31,32). The zero-order chi connectivity index (χ0) is 24.4. The average Bonchev–Trinajstić information content (AvgIpc) is 3.34. The van der Waals surface area contributed by atoms with Crippen LogP contribution in [-0.4, -0.2) is 66.8 Å². The number of hydrogen-bond donors (Lipinski definition) is 3. The molecule has 2 amide bonds. The molecule has 8 heteroatoms. The number of alkyl carbamates (subject to hydrolysis) is 1. The molecule has 3 unspecified atom stereocenters. The summed E-state index contributed by atoms with van der Waals surface area (Å²) in [5, 5.41) is 14.7. The Bertz CT molecular complexity index is 1090. The molecule has 0 aromatic heterocycles. The summed E-state index contributed by atoms with van der Waals surface area (Å²) in [7, 11) is 0. The molecule has 1 aliphatic carbocycles. The molecule has 2 saturated heterocycles. The first-order chi connectivity index (χ1) is 16.9. The number of carbonyl (C=O) groups is 3. The number of fused-ring (bicyclic) bond motifs is 5. The normalized spacial score (nSPS) is 23.1. The number of carboxylic acids is 1. The summed E-state index contributed by atoms with van der Waals surface area (Å²) in [6, 6.07) is 14.8. The lowest BCUT2D eigenvalue weighted by Crippen LogP contribution is -2.51. The molecule has 184 valence electrons. The highest BCUT2D eigenvalue weighted by molar-refractivity contribution is 5.89. The fraction of sp³-hybridized carbons (Fsp3) is 0.444. The van der Waals surface area contributed by atoms with E-state index in [-0.39, 0.29) is 17.9 Å². The smallest absolute Gasteiger partial charge is 0.407 e. The van der Waals surface area contributed by atoms with E-state index in [0.29, 0.717) is 6.54 Å². The molecule has 2 fully saturated rings. The van der Waals surface area contributed by atoms with E-state index >= 15 is 0 Å². The Labute approximate surface area is 204 Å². The molecule has 35 heavy (non-hydrogen) atoms. The second kappa shape index (κ2) is 9.70. The van der Waals surface area contributed by atoms with Gasteiger partial charge in [0.2, 0.25) is 5.91 Å². The van der Waals surface area contributed by atoms with Gasteiger partial charge in [-0.1, -0.05) is 48.5 Å². The topological polar surface area (TPSA) is 108 Å². The molecular formula is C27H31N3O5. The van der Waals surface area contributed by atoms with E-state index in [1.165, 1.54) is 0 Å². The van der Waals surface area contributed by atoms with Crippen molar-refractivity contribution in [1.29, 1.82) is 0 Å². The van der Waals surface area contributed by atoms with Crippen LogP contribution >= 0.6 is 0 Å². The second-order valence-electron chi connectivity index (χ2n) is 9.97. The summed E-state index contributed by atoms with van der Waals surface area (Å²) in [5.74, 6) is -1.76. The largest absolute Gasteiger partial charge is 0.481 e. The molecule has 2 aliphatic heterocycles. The van der Waals surface area contributed by atoms with Gasteiger partial charge in [-0.2, -0.15) is 0 Å². The Morgan fingerprint density at radius 3 is 2.40 bits per heavy atom. The van der Waals surface area contributed by atoms with Crippen LogP contribution in [-0.2, 0) is 14.3 Å². The average molecular weight is 478 g/mol. The summed E-state index contributed by atoms with van der Waals surface area (Å²) >= 11 is 0. The van der Waals surface area contributed by atoms with Crippen molar-refractivity contribution < 1.29 is 24.2 Å². The number of amides is 2. The minimum Gasteiger partial charge on any atom is -0.481 e. The number of hydrogen-bond acceptors (Lipinski definition) is 5. The molecule has 2 heterocycles. The number of aliphatic carboxylic acids is 1. The van der Waals surface area contributed by atoms with Crippen molar-refractivity contribution >= 4 is 18.0 Å². The first-order valence-corrected chi connectivity index (χ1v) is 12.3. The highest BCUT2D eigenvalue weighted by Gasteiger charge is 2.41. The number of rotatable bonds is 8. The third-order valence-electron chi connectivity index (χ3n) is 7.67. The third-order valence-corrected chi connectivity index (χ3v) is 7.67. The van der Waals surface area contributed by atoms with Gasteiger partial charge in [-0.25, -0.2) is 4.79 Å². The lowest BCUT2D eigenvalue weighted by molar-refractivity contribution is -0.139. The van der Waals surface area contributed by atoms with E-state index in [1.54, 1.807) is 0 Å². The van der Waals surface area contributed by atoms with Crippen LogP contribution in [0.3, 0.4) is 0 Å². The van der Waals surface area contributed by atoms with Gasteiger partial charge >= 0.3 is 12.1 Å². The van der Waals surface area contributed by atoms with Crippen LogP contribution in [0, 0.1) is 5.41 Å². The van der Waals surface area contributed by atoms with E-state index < -0.39 is 30.4 Å². The second-order valence-corrected chi connectivity index (χ2v) is 9.97. The number of nitrogens with zero attached hydrogens (tertiary/aromatic N) is 1. The highest BCUT2D eigenvalue weighted by atomic mass is 16.5. The summed E-state index contributed by atoms with van der Waals surface area (Å²) in [6.07, 6.45) is 1.88. The van der Waals surface area contributed by atoms with Crippen molar-refractivity contribution in [2.75, 3.05) is 32.8 Å². The molecule has 3 N–H and O–H groups in total. The first kappa shape index (κ1) is 23.4. The third kappa shape index (κ3) is 4.89. The summed E-state index contributed by atoms with van der Waals surface area (Å²) < 4.78 is 5.51. The van der Waals surface area contributed by atoms with Gasteiger partial charge in [-0.15, -0.1) is 0 Å². The van der Waals surface area contributed by atoms with Gasteiger partial charge in [0.25, 0.3) is 0 Å². The zero-order valence-corrected chi connectivity index (χ0v) is 19.7. The molecule has 0 saturated carbocycles. The van der Waals surface area contributed by atoms with Crippen molar-refractivity contribution in [2.24, 2.45) is 5.41 Å². The number of carboxylic acid groups (broad SMARTS) is 1. The molecule has 3 atom stereocenters. The maximum Gasteiger partial charge on any atom is 0.407 e. The monoisotopic (exact) mass is 477 g/mol. The van der Waals surface area contributed by atoms with Gasteiger partial charge in [0.1, 0.15) is 12.6 Å². The van der Waals surface area contributed by atoms with Crippen molar-refractivity contribution in [3.05, 3.63) is 59.7 Å². The van der Waals surface area contributed by atoms with E-state index in [9.17, 15) is 19.5 Å². The fourth-order valence-electron chi connectivity index (χ4n) is 5.90. The molecule has 2 aromatic rings. The van der Waals surface area contributed by atoms with Crippen molar-refractivity contribution in [1.82, 2.24) is 15.5 Å². The van der Waals surface area contributed by atoms with Crippen LogP contribution in [0.1, 0.15) is 42.7 Å². The number of ether oxygens (including phenoxy) is 1. The Morgan fingerprint density at radius 1 is 1.03 bits per heavy atom. The Kier molecular flexibility index (Phi) is 6.47. The van der Waals surface area contributed by atoms with Crippen molar-refractivity contribution in [3.63, 3.8) is 0 Å². The first-order valence-electron chi connectivity index (χ1n) is 12.3. The van der Waals surface area contributed by atoms with Crippen LogP contribution in [0.2, 0.25) is 0 Å². The quantitative estimate of drug-likeness (QED) is 0.540. The van der Waals surface area contributed by atoms with Crippen LogP contribution in [0.5, 0.6) is 0 Å². The highest BCUT2D eigenvalue weighted by Crippen LogP contribution is 2.44. The Balaban J connectivity index is 1.20. The van der Waals surface area contributed by atoms with Crippen LogP contribution in [0.15, 0.2) is 48.5 Å². The molecule has 5 rings (SSSR count). The van der Waals surface area contributed by atoms with Gasteiger partial charge in [0.05, 0.1) is 6.42 Å². The zero-order valence-electron chi connectivity index (χ0n) is 19.7. The Hall–Kier alpha value is -3.39. The van der Waals surface area contributed by atoms with Gasteiger partial charge < -0.3 is 25.4 Å². The fourth-order valence-corrected chi connectivity index (χ4v) is 5.90. The minimum absolute atomic E-state index is 0.0471. The number of piperidine rings is 1. The van der Waals surface area contributed by atoms with Gasteiger partial charge in [0.15, 0.2) is 0 Å². The molecule has 0 radical (unpaired) electrons. The maximum atomic E-state index is 12.9. The van der Waals surface area contributed by atoms with Crippen LogP contribution < -0.4 is 10.6 Å². The van der Waals surface area contributed by atoms with E-state index in [2.05, 4.69) is 27.7 Å². The van der Waals surface area contributed by atoms with Gasteiger partial charge in [-0.05, 0) is 54.6 Å². The van der Waals surface area contributed by atoms with Crippen LogP contribution in [0.25, 0.3) is 11.1 Å². The number of nitrogens with one attached hydrogen (secondary N) is 2. The molecule has 8 nitrogen and oxygen atoms in total. The lowest BCUT2D eigenvalue weighted by atomic mass is 9.81.